The normalized spacial score (nSPS) is 20.0. The summed E-state index contributed by atoms with van der Waals surface area (Å²) in [5.41, 5.74) is 0.977. The van der Waals surface area contributed by atoms with Gasteiger partial charge >= 0.3 is 0 Å². The first-order chi connectivity index (χ1) is 3.30. The number of hydrogen-bond donors (Lipinski definition) is 1. The van der Waals surface area contributed by atoms with Crippen LogP contribution in [0.15, 0.2) is 23.8 Å². The second-order valence-corrected chi connectivity index (χ2v) is 2.44. The molecule has 7 heavy (non-hydrogen) atoms. The van der Waals surface area contributed by atoms with E-state index in [0.717, 1.165) is 16.5 Å². The molecular formula is C5H7NS. The van der Waals surface area contributed by atoms with E-state index in [1.807, 2.05) is 0 Å². The van der Waals surface area contributed by atoms with Crippen molar-refractivity contribution < 1.29 is 0 Å². The van der Waals surface area contributed by atoms with Crippen LogP contribution in [0.2, 0.25) is 0 Å². The van der Waals surface area contributed by atoms with Crippen molar-refractivity contribution in [3.63, 3.8) is 0 Å². The number of thioether (sulfide) groups is 1. The number of nitrogens with one attached hydrogen (secondary N) is 1. The highest BCUT2D eigenvalue weighted by Gasteiger charge is 2.05. The lowest BCUT2D eigenvalue weighted by atomic mass is 10.5. The van der Waals surface area contributed by atoms with Crippen molar-refractivity contribution in [2.45, 2.75) is 0 Å². The Kier molecular flexibility index (Phi) is 1.11. The van der Waals surface area contributed by atoms with E-state index in [2.05, 4.69) is 18.5 Å². The Labute approximate surface area is 47.5 Å². The van der Waals surface area contributed by atoms with E-state index in [4.69, 9.17) is 0 Å². The van der Waals surface area contributed by atoms with Gasteiger partial charge in [-0.25, -0.2) is 0 Å². The summed E-state index contributed by atoms with van der Waals surface area (Å²) in [6.45, 7) is 7.44. The first-order valence-electron chi connectivity index (χ1n) is 2.05. The summed E-state index contributed by atoms with van der Waals surface area (Å²) in [5, 5.41) is 3.04. The summed E-state index contributed by atoms with van der Waals surface area (Å²) in [4.78, 5) is 1.07. The monoisotopic (exact) mass is 113 g/mol. The van der Waals surface area contributed by atoms with Gasteiger partial charge in [0.2, 0.25) is 0 Å². The molecule has 0 radical (unpaired) electrons. The van der Waals surface area contributed by atoms with E-state index in [1.54, 1.807) is 11.8 Å². The highest BCUT2D eigenvalue weighted by atomic mass is 32.2. The summed E-state index contributed by atoms with van der Waals surface area (Å²) >= 11 is 1.70. The Morgan fingerprint density at radius 2 is 2.29 bits per heavy atom. The first kappa shape index (κ1) is 4.78. The summed E-state index contributed by atoms with van der Waals surface area (Å²) in [6, 6.07) is 0. The molecule has 1 saturated heterocycles. The molecule has 1 aliphatic heterocycles. The molecule has 1 aliphatic rings. The van der Waals surface area contributed by atoms with Gasteiger partial charge in [0.25, 0.3) is 0 Å². The average molecular weight is 113 g/mol. The second-order valence-electron chi connectivity index (χ2n) is 1.37. The highest BCUT2D eigenvalue weighted by Crippen LogP contribution is 2.23. The number of hydrogen-bond acceptors (Lipinski definition) is 2. The van der Waals surface area contributed by atoms with Crippen LogP contribution in [0.3, 0.4) is 0 Å². The van der Waals surface area contributed by atoms with Crippen LogP contribution in [0.25, 0.3) is 0 Å². The lowest BCUT2D eigenvalue weighted by Crippen LogP contribution is -2.00. The smallest absolute Gasteiger partial charge is 0.0657 e. The van der Waals surface area contributed by atoms with Crippen LogP contribution in [0, 0.1) is 0 Å². The Morgan fingerprint density at radius 3 is 2.43 bits per heavy atom. The van der Waals surface area contributed by atoms with Crippen molar-refractivity contribution in [2.24, 2.45) is 0 Å². The van der Waals surface area contributed by atoms with Crippen molar-refractivity contribution in [3.05, 3.63) is 23.8 Å². The third-order valence-corrected chi connectivity index (χ3v) is 1.75. The maximum Gasteiger partial charge on any atom is 0.0657 e. The molecule has 0 amide bonds. The third kappa shape index (κ3) is 0.800. The molecule has 2 heteroatoms. The van der Waals surface area contributed by atoms with Crippen LogP contribution < -0.4 is 5.32 Å². The predicted octanol–water partition coefficient (Wildman–Crippen LogP) is 1.31. The maximum atomic E-state index is 3.74. The zero-order chi connectivity index (χ0) is 5.28. The summed E-state index contributed by atoms with van der Waals surface area (Å²) in [6.07, 6.45) is 0. The summed E-state index contributed by atoms with van der Waals surface area (Å²) < 4.78 is 0. The molecule has 0 aromatic heterocycles. The molecule has 0 unspecified atom stereocenters. The molecule has 1 nitrogen and oxygen atoms in total. The van der Waals surface area contributed by atoms with Crippen LogP contribution in [0.4, 0.5) is 0 Å². The van der Waals surface area contributed by atoms with Gasteiger partial charge in [-0.3, -0.25) is 0 Å². The summed E-state index contributed by atoms with van der Waals surface area (Å²) in [7, 11) is 0. The van der Waals surface area contributed by atoms with Crippen LogP contribution in [0.5, 0.6) is 0 Å². The van der Waals surface area contributed by atoms with Gasteiger partial charge in [-0.2, -0.15) is 0 Å². The van der Waals surface area contributed by atoms with Gasteiger partial charge in [0.1, 0.15) is 0 Å². The van der Waals surface area contributed by atoms with Crippen LogP contribution in [-0.2, 0) is 0 Å². The minimum absolute atomic E-state index is 0.942. The standard InChI is InChI=1S/C5H7NS/c1-4-5(2)7-3-6-4/h6H,1-3H2. The molecule has 0 saturated carbocycles. The van der Waals surface area contributed by atoms with E-state index in [9.17, 15) is 0 Å². The second kappa shape index (κ2) is 1.62. The van der Waals surface area contributed by atoms with E-state index >= 15 is 0 Å². The van der Waals surface area contributed by atoms with Gasteiger partial charge in [0.15, 0.2) is 0 Å². The average Bonchev–Trinajstić information content (AvgIpc) is 1.91. The quantitative estimate of drug-likeness (QED) is 0.508. The minimum atomic E-state index is 0.942. The van der Waals surface area contributed by atoms with Crippen LogP contribution >= 0.6 is 11.8 Å². The zero-order valence-corrected chi connectivity index (χ0v) is 4.85. The Bertz CT molecular complexity index is 103. The molecule has 1 rings (SSSR count). The first-order valence-corrected chi connectivity index (χ1v) is 3.04. The molecule has 1 fully saturated rings. The van der Waals surface area contributed by atoms with Gasteiger partial charge in [-0.15, -0.1) is 11.8 Å². The fourth-order valence-electron chi connectivity index (χ4n) is 0.396. The topological polar surface area (TPSA) is 12.0 Å². The molecular weight excluding hydrogens is 106 g/mol. The van der Waals surface area contributed by atoms with Gasteiger partial charge < -0.3 is 5.32 Å². The van der Waals surface area contributed by atoms with Gasteiger partial charge in [-0.1, -0.05) is 13.2 Å². The van der Waals surface area contributed by atoms with E-state index < -0.39 is 0 Å². The molecule has 1 heterocycles. The molecule has 0 aromatic rings. The minimum Gasteiger partial charge on any atom is -0.375 e. The van der Waals surface area contributed by atoms with Gasteiger partial charge in [0, 0.05) is 10.6 Å². The molecule has 38 valence electrons. The molecule has 0 aliphatic carbocycles. The van der Waals surface area contributed by atoms with E-state index in [-0.39, 0.29) is 0 Å². The zero-order valence-electron chi connectivity index (χ0n) is 4.03. The predicted molar refractivity (Wildman–Crippen MR) is 33.9 cm³/mol. The van der Waals surface area contributed by atoms with Gasteiger partial charge in [0.05, 0.1) is 5.88 Å². The van der Waals surface area contributed by atoms with Crippen molar-refractivity contribution in [1.82, 2.24) is 5.32 Å². The molecule has 0 spiro atoms. The highest BCUT2D eigenvalue weighted by molar-refractivity contribution is 8.03. The van der Waals surface area contributed by atoms with Crippen LogP contribution in [-0.4, -0.2) is 5.88 Å². The Morgan fingerprint density at radius 1 is 1.57 bits per heavy atom. The number of rotatable bonds is 0. The Hall–Kier alpha value is -0.370. The third-order valence-electron chi connectivity index (χ3n) is 0.869. The molecule has 0 aromatic carbocycles. The lowest BCUT2D eigenvalue weighted by Gasteiger charge is -1.88. The van der Waals surface area contributed by atoms with Gasteiger partial charge in [-0.05, 0) is 0 Å². The van der Waals surface area contributed by atoms with E-state index in [1.165, 1.54) is 0 Å². The fraction of sp³-hybridized carbons (Fsp3) is 0.200. The van der Waals surface area contributed by atoms with E-state index in [0.29, 0.717) is 0 Å². The molecule has 0 atom stereocenters. The van der Waals surface area contributed by atoms with Crippen LogP contribution in [0.1, 0.15) is 0 Å². The van der Waals surface area contributed by atoms with Crippen molar-refractivity contribution in [2.75, 3.05) is 5.88 Å². The fourth-order valence-corrected chi connectivity index (χ4v) is 1.06. The largest absolute Gasteiger partial charge is 0.375 e. The Balaban J connectivity index is 2.65. The maximum absolute atomic E-state index is 3.74. The molecule has 0 bridgehead atoms. The lowest BCUT2D eigenvalue weighted by molar-refractivity contribution is 1.03. The summed E-state index contributed by atoms with van der Waals surface area (Å²) in [5.74, 6) is 0.942. The van der Waals surface area contributed by atoms with Crippen molar-refractivity contribution in [3.8, 4) is 0 Å². The SMILES string of the molecule is C=C1NCSC1=C. The molecule has 1 N–H and O–H groups in total. The van der Waals surface area contributed by atoms with Crippen molar-refractivity contribution in [1.29, 1.82) is 0 Å². The van der Waals surface area contributed by atoms with Crippen molar-refractivity contribution >= 4 is 11.8 Å².